The van der Waals surface area contributed by atoms with Crippen molar-refractivity contribution >= 4 is 12.0 Å². The van der Waals surface area contributed by atoms with Gasteiger partial charge in [-0.1, -0.05) is 0 Å². The minimum absolute atomic E-state index is 0.0859. The van der Waals surface area contributed by atoms with Gasteiger partial charge in [0.1, 0.15) is 0 Å². The summed E-state index contributed by atoms with van der Waals surface area (Å²) in [5.74, 6) is -0.102. The van der Waals surface area contributed by atoms with E-state index in [1.807, 2.05) is 14.0 Å². The molecule has 116 valence electrons. The van der Waals surface area contributed by atoms with Gasteiger partial charge in [0, 0.05) is 31.9 Å². The van der Waals surface area contributed by atoms with Crippen LogP contribution in [0.15, 0.2) is 6.20 Å². The molecular weight excluding hydrogens is 272 g/mol. The number of carbonyl (C=O) groups excluding carboxylic acids is 2. The van der Waals surface area contributed by atoms with Crippen molar-refractivity contribution in [2.75, 3.05) is 19.7 Å². The molecule has 0 aliphatic carbocycles. The number of nitrogens with zero attached hydrogens (tertiary/aromatic N) is 3. The smallest absolute Gasteiger partial charge is 0.409 e. The number of carbonyl (C=O) groups is 2. The molecule has 0 spiro atoms. The average Bonchev–Trinajstić information content (AvgIpc) is 2.80. The zero-order valence-corrected chi connectivity index (χ0v) is 12.8. The highest BCUT2D eigenvalue weighted by molar-refractivity contribution is 5.95. The second-order valence-corrected chi connectivity index (χ2v) is 5.20. The van der Waals surface area contributed by atoms with Crippen LogP contribution in [0.25, 0.3) is 0 Å². The third kappa shape index (κ3) is 3.53. The lowest BCUT2D eigenvalue weighted by Gasteiger charge is -2.31. The first-order chi connectivity index (χ1) is 10.0. The topological polar surface area (TPSA) is 76.5 Å². The highest BCUT2D eigenvalue weighted by atomic mass is 16.6. The van der Waals surface area contributed by atoms with Crippen molar-refractivity contribution in [1.82, 2.24) is 20.0 Å². The summed E-state index contributed by atoms with van der Waals surface area (Å²) in [5, 5.41) is 7.08. The lowest BCUT2D eigenvalue weighted by molar-refractivity contribution is 0.0859. The molecule has 1 N–H and O–H groups in total. The van der Waals surface area contributed by atoms with E-state index in [0.29, 0.717) is 25.3 Å². The normalized spacial score (nSPS) is 15.9. The number of hydrogen-bond donors (Lipinski definition) is 1. The van der Waals surface area contributed by atoms with Crippen LogP contribution in [0, 0.1) is 6.92 Å². The fourth-order valence-corrected chi connectivity index (χ4v) is 2.41. The van der Waals surface area contributed by atoms with Crippen LogP contribution in [-0.4, -0.2) is 52.4 Å². The van der Waals surface area contributed by atoms with E-state index in [9.17, 15) is 9.59 Å². The van der Waals surface area contributed by atoms with Gasteiger partial charge < -0.3 is 15.0 Å². The second-order valence-electron chi connectivity index (χ2n) is 5.20. The Morgan fingerprint density at radius 2 is 2.10 bits per heavy atom. The molecule has 1 aromatic rings. The maximum atomic E-state index is 12.2. The molecule has 0 unspecified atom stereocenters. The molecule has 2 amide bonds. The predicted octanol–water partition coefficient (Wildman–Crippen LogP) is 1.08. The van der Waals surface area contributed by atoms with Crippen LogP contribution in [0.1, 0.15) is 35.8 Å². The van der Waals surface area contributed by atoms with E-state index in [1.165, 1.54) is 0 Å². The van der Waals surface area contributed by atoms with Crippen LogP contribution in [0.2, 0.25) is 0 Å². The zero-order chi connectivity index (χ0) is 15.4. The molecule has 2 rings (SSSR count). The van der Waals surface area contributed by atoms with Crippen LogP contribution in [0.4, 0.5) is 4.79 Å². The van der Waals surface area contributed by atoms with Crippen molar-refractivity contribution in [3.05, 3.63) is 17.5 Å². The molecular formula is C14H22N4O3. The molecule has 0 saturated carbocycles. The summed E-state index contributed by atoms with van der Waals surface area (Å²) >= 11 is 0. The Labute approximate surface area is 124 Å². The third-order valence-corrected chi connectivity index (χ3v) is 3.84. The number of likely N-dealkylation sites (tertiary alicyclic amines) is 1. The molecule has 0 aromatic carbocycles. The van der Waals surface area contributed by atoms with Crippen molar-refractivity contribution in [3.63, 3.8) is 0 Å². The van der Waals surface area contributed by atoms with Gasteiger partial charge in [-0.05, 0) is 26.7 Å². The van der Waals surface area contributed by atoms with Crippen LogP contribution < -0.4 is 5.32 Å². The summed E-state index contributed by atoms with van der Waals surface area (Å²) in [6, 6.07) is 0.0859. The molecule has 7 nitrogen and oxygen atoms in total. The summed E-state index contributed by atoms with van der Waals surface area (Å²) in [4.78, 5) is 25.5. The molecule has 0 radical (unpaired) electrons. The molecule has 1 fully saturated rings. The summed E-state index contributed by atoms with van der Waals surface area (Å²) in [5.41, 5.74) is 1.45. The molecule has 7 heteroatoms. The Kier molecular flexibility index (Phi) is 4.82. The van der Waals surface area contributed by atoms with Crippen molar-refractivity contribution in [1.29, 1.82) is 0 Å². The number of aryl methyl sites for hydroxylation is 1. The predicted molar refractivity (Wildman–Crippen MR) is 77.0 cm³/mol. The minimum Gasteiger partial charge on any atom is -0.450 e. The van der Waals surface area contributed by atoms with Gasteiger partial charge in [0.15, 0.2) is 0 Å². The summed E-state index contributed by atoms with van der Waals surface area (Å²) in [7, 11) is 1.81. The number of hydrogen-bond acceptors (Lipinski definition) is 4. The van der Waals surface area contributed by atoms with Gasteiger partial charge in [0.05, 0.1) is 18.4 Å². The van der Waals surface area contributed by atoms with E-state index in [-0.39, 0.29) is 18.0 Å². The maximum Gasteiger partial charge on any atom is 0.409 e. The Balaban J connectivity index is 1.85. The molecule has 1 aliphatic rings. The van der Waals surface area contributed by atoms with E-state index < -0.39 is 0 Å². The number of nitrogens with one attached hydrogen (secondary N) is 1. The molecule has 1 aliphatic heterocycles. The van der Waals surface area contributed by atoms with Gasteiger partial charge in [0.2, 0.25) is 0 Å². The van der Waals surface area contributed by atoms with Gasteiger partial charge in [-0.15, -0.1) is 0 Å². The monoisotopic (exact) mass is 294 g/mol. The van der Waals surface area contributed by atoms with E-state index in [4.69, 9.17) is 4.74 Å². The highest BCUT2D eigenvalue weighted by Crippen LogP contribution is 2.13. The van der Waals surface area contributed by atoms with E-state index in [2.05, 4.69) is 10.4 Å². The van der Waals surface area contributed by atoms with Gasteiger partial charge in [-0.25, -0.2) is 4.79 Å². The van der Waals surface area contributed by atoms with Gasteiger partial charge in [0.25, 0.3) is 5.91 Å². The van der Waals surface area contributed by atoms with Crippen LogP contribution in [0.5, 0.6) is 0 Å². The van der Waals surface area contributed by atoms with Gasteiger partial charge >= 0.3 is 6.09 Å². The molecule has 2 heterocycles. The first-order valence-corrected chi connectivity index (χ1v) is 7.24. The van der Waals surface area contributed by atoms with Crippen molar-refractivity contribution < 1.29 is 14.3 Å². The first kappa shape index (κ1) is 15.3. The maximum absolute atomic E-state index is 12.2. The quantitative estimate of drug-likeness (QED) is 0.905. The molecule has 21 heavy (non-hydrogen) atoms. The minimum atomic E-state index is -0.273. The Hall–Kier alpha value is -2.05. The van der Waals surface area contributed by atoms with Crippen LogP contribution >= 0.6 is 0 Å². The summed E-state index contributed by atoms with van der Waals surface area (Å²) in [6.45, 7) is 5.26. The number of aromatic nitrogens is 2. The Bertz CT molecular complexity index is 518. The Morgan fingerprint density at radius 1 is 1.43 bits per heavy atom. The lowest BCUT2D eigenvalue weighted by atomic mass is 10.0. The summed E-state index contributed by atoms with van der Waals surface area (Å²) < 4.78 is 6.65. The van der Waals surface area contributed by atoms with Crippen molar-refractivity contribution in [3.8, 4) is 0 Å². The van der Waals surface area contributed by atoms with Crippen molar-refractivity contribution in [2.24, 2.45) is 7.05 Å². The van der Waals surface area contributed by atoms with Crippen molar-refractivity contribution in [2.45, 2.75) is 32.7 Å². The van der Waals surface area contributed by atoms with Gasteiger partial charge in [-0.3, -0.25) is 9.48 Å². The largest absolute Gasteiger partial charge is 0.450 e. The highest BCUT2D eigenvalue weighted by Gasteiger charge is 2.25. The second kappa shape index (κ2) is 6.60. The SMILES string of the molecule is CCOC(=O)N1CCC(NC(=O)c2cnn(C)c2C)CC1. The standard InChI is InChI=1S/C14H22N4O3/c1-4-21-14(20)18-7-5-11(6-8-18)16-13(19)12-9-15-17(3)10(12)2/h9,11H,4-8H2,1-3H3,(H,16,19). The molecule has 0 bridgehead atoms. The fourth-order valence-electron chi connectivity index (χ4n) is 2.41. The fraction of sp³-hybridized carbons (Fsp3) is 0.643. The number of piperidine rings is 1. The van der Waals surface area contributed by atoms with Crippen LogP contribution in [0.3, 0.4) is 0 Å². The zero-order valence-electron chi connectivity index (χ0n) is 12.8. The van der Waals surface area contributed by atoms with E-state index in [1.54, 1.807) is 22.7 Å². The first-order valence-electron chi connectivity index (χ1n) is 7.24. The average molecular weight is 294 g/mol. The number of amides is 2. The number of rotatable bonds is 3. The van der Waals surface area contributed by atoms with E-state index in [0.717, 1.165) is 18.5 Å². The third-order valence-electron chi connectivity index (χ3n) is 3.84. The molecule has 1 aromatic heterocycles. The molecule has 1 saturated heterocycles. The lowest BCUT2D eigenvalue weighted by Crippen LogP contribution is -2.46. The van der Waals surface area contributed by atoms with Crippen LogP contribution in [-0.2, 0) is 11.8 Å². The van der Waals surface area contributed by atoms with Gasteiger partial charge in [-0.2, -0.15) is 5.10 Å². The summed E-state index contributed by atoms with van der Waals surface area (Å²) in [6.07, 6.45) is 2.79. The molecule has 0 atom stereocenters. The van der Waals surface area contributed by atoms with E-state index >= 15 is 0 Å². The Morgan fingerprint density at radius 3 is 2.62 bits per heavy atom. The number of ether oxygens (including phenoxy) is 1.